The Kier molecular flexibility index (Phi) is 4.37. The highest BCUT2D eigenvalue weighted by atomic mass is 15.3. The number of piperazine rings is 1. The minimum Gasteiger partial charge on any atom is -0.298 e. The first kappa shape index (κ1) is 15.1. The highest BCUT2D eigenvalue weighted by Gasteiger charge is 2.39. The van der Waals surface area contributed by atoms with Crippen LogP contribution in [0.25, 0.3) is 0 Å². The average molecular weight is 286 g/mol. The van der Waals surface area contributed by atoms with Gasteiger partial charge in [0, 0.05) is 31.2 Å². The average Bonchev–Trinajstić information content (AvgIpc) is 2.93. The van der Waals surface area contributed by atoms with E-state index in [4.69, 9.17) is 0 Å². The first-order chi connectivity index (χ1) is 10.1. The molecule has 0 amide bonds. The van der Waals surface area contributed by atoms with Crippen molar-refractivity contribution >= 4 is 0 Å². The van der Waals surface area contributed by atoms with Crippen LogP contribution in [-0.2, 0) is 0 Å². The molecule has 3 atom stereocenters. The van der Waals surface area contributed by atoms with Gasteiger partial charge in [-0.15, -0.1) is 0 Å². The Balaban J connectivity index is 1.85. The number of aryl methyl sites for hydroxylation is 1. The van der Waals surface area contributed by atoms with Crippen molar-refractivity contribution in [2.24, 2.45) is 5.92 Å². The van der Waals surface area contributed by atoms with E-state index in [1.165, 1.54) is 43.6 Å². The Morgan fingerprint density at radius 1 is 1.10 bits per heavy atom. The summed E-state index contributed by atoms with van der Waals surface area (Å²) in [6, 6.07) is 10.9. The molecular weight excluding hydrogens is 256 g/mol. The van der Waals surface area contributed by atoms with Gasteiger partial charge in [-0.05, 0) is 50.3 Å². The quantitative estimate of drug-likeness (QED) is 0.832. The summed E-state index contributed by atoms with van der Waals surface area (Å²) in [6.45, 7) is 13.3. The predicted molar refractivity (Wildman–Crippen MR) is 89.5 cm³/mol. The van der Waals surface area contributed by atoms with Gasteiger partial charge in [-0.2, -0.15) is 0 Å². The number of hydrogen-bond acceptors (Lipinski definition) is 2. The normalized spacial score (nSPS) is 28.8. The van der Waals surface area contributed by atoms with Crippen LogP contribution in [0.15, 0.2) is 24.3 Å². The van der Waals surface area contributed by atoms with E-state index in [1.807, 2.05) is 0 Å². The summed E-state index contributed by atoms with van der Waals surface area (Å²) >= 11 is 0. The van der Waals surface area contributed by atoms with E-state index in [9.17, 15) is 0 Å². The number of fused-ring (bicyclic) bond motifs is 1. The second-order valence-electron chi connectivity index (χ2n) is 7.33. The van der Waals surface area contributed by atoms with E-state index in [0.29, 0.717) is 12.1 Å². The predicted octanol–water partition coefficient (Wildman–Crippen LogP) is 3.86. The molecule has 1 aromatic rings. The molecule has 2 heterocycles. The third-order valence-corrected chi connectivity index (χ3v) is 5.67. The van der Waals surface area contributed by atoms with E-state index in [-0.39, 0.29) is 0 Å². The van der Waals surface area contributed by atoms with E-state index < -0.39 is 0 Å². The minimum absolute atomic E-state index is 0.529. The summed E-state index contributed by atoms with van der Waals surface area (Å²) in [7, 11) is 0. The molecule has 0 radical (unpaired) electrons. The van der Waals surface area contributed by atoms with Crippen LogP contribution in [0.5, 0.6) is 0 Å². The first-order valence-electron chi connectivity index (χ1n) is 8.63. The summed E-state index contributed by atoms with van der Waals surface area (Å²) in [5.41, 5.74) is 2.94. The number of hydrogen-bond donors (Lipinski definition) is 0. The molecule has 3 unspecified atom stereocenters. The van der Waals surface area contributed by atoms with Gasteiger partial charge < -0.3 is 0 Å². The first-order valence-corrected chi connectivity index (χ1v) is 8.63. The van der Waals surface area contributed by atoms with Gasteiger partial charge in [0.05, 0.1) is 0 Å². The van der Waals surface area contributed by atoms with Crippen LogP contribution >= 0.6 is 0 Å². The van der Waals surface area contributed by atoms with Crippen LogP contribution in [-0.4, -0.2) is 41.5 Å². The van der Waals surface area contributed by atoms with Crippen molar-refractivity contribution in [2.75, 3.05) is 19.6 Å². The maximum atomic E-state index is 2.79. The largest absolute Gasteiger partial charge is 0.298 e. The topological polar surface area (TPSA) is 6.48 Å². The summed E-state index contributed by atoms with van der Waals surface area (Å²) in [5, 5.41) is 0. The van der Waals surface area contributed by atoms with Crippen molar-refractivity contribution in [1.29, 1.82) is 0 Å². The lowest BCUT2D eigenvalue weighted by atomic mass is 9.92. The fourth-order valence-corrected chi connectivity index (χ4v) is 4.34. The maximum Gasteiger partial charge on any atom is 0.0326 e. The van der Waals surface area contributed by atoms with Crippen molar-refractivity contribution in [1.82, 2.24) is 9.80 Å². The van der Waals surface area contributed by atoms with Crippen LogP contribution in [0.1, 0.15) is 50.8 Å². The zero-order valence-electron chi connectivity index (χ0n) is 14.0. The van der Waals surface area contributed by atoms with Gasteiger partial charge in [-0.25, -0.2) is 0 Å². The van der Waals surface area contributed by atoms with Crippen LogP contribution in [0.4, 0.5) is 0 Å². The third-order valence-electron chi connectivity index (χ3n) is 5.67. The van der Waals surface area contributed by atoms with Gasteiger partial charge in [-0.1, -0.05) is 38.1 Å². The van der Waals surface area contributed by atoms with Gasteiger partial charge in [0.2, 0.25) is 0 Å². The third kappa shape index (κ3) is 2.89. The lowest BCUT2D eigenvalue weighted by Crippen LogP contribution is -2.58. The fourth-order valence-electron chi connectivity index (χ4n) is 4.34. The highest BCUT2D eigenvalue weighted by Crippen LogP contribution is 2.34. The zero-order chi connectivity index (χ0) is 15.0. The van der Waals surface area contributed by atoms with Crippen molar-refractivity contribution in [2.45, 2.75) is 58.7 Å². The molecule has 2 fully saturated rings. The molecule has 0 aromatic heterocycles. The van der Waals surface area contributed by atoms with Crippen LogP contribution < -0.4 is 0 Å². The summed E-state index contributed by atoms with van der Waals surface area (Å²) in [6.07, 6.45) is 2.78. The number of rotatable bonds is 3. The van der Waals surface area contributed by atoms with Gasteiger partial charge in [-0.3, -0.25) is 9.80 Å². The molecule has 0 N–H and O–H groups in total. The second-order valence-corrected chi connectivity index (χ2v) is 7.33. The molecule has 2 nitrogen and oxygen atoms in total. The zero-order valence-corrected chi connectivity index (χ0v) is 14.0. The molecule has 2 heteroatoms. The van der Waals surface area contributed by atoms with Gasteiger partial charge in [0.25, 0.3) is 0 Å². The molecule has 2 saturated heterocycles. The maximum absolute atomic E-state index is 2.79. The van der Waals surface area contributed by atoms with Crippen LogP contribution in [0, 0.1) is 12.8 Å². The molecular formula is C19H30N2. The number of nitrogens with zero attached hydrogens (tertiary/aromatic N) is 2. The molecule has 2 aliphatic heterocycles. The molecule has 0 spiro atoms. The monoisotopic (exact) mass is 286 g/mol. The molecule has 0 saturated carbocycles. The fraction of sp³-hybridized carbons (Fsp3) is 0.684. The minimum atomic E-state index is 0.529. The summed E-state index contributed by atoms with van der Waals surface area (Å²) < 4.78 is 0. The molecule has 116 valence electrons. The summed E-state index contributed by atoms with van der Waals surface area (Å²) in [5.74, 6) is 0.720. The highest BCUT2D eigenvalue weighted by molar-refractivity contribution is 5.28. The molecule has 2 aliphatic rings. The molecule has 3 rings (SSSR count). The lowest BCUT2D eigenvalue weighted by molar-refractivity contribution is 0.00390. The van der Waals surface area contributed by atoms with Crippen LogP contribution in [0.2, 0.25) is 0 Å². The smallest absolute Gasteiger partial charge is 0.0326 e. The number of benzene rings is 1. The Hall–Kier alpha value is -0.860. The van der Waals surface area contributed by atoms with E-state index in [0.717, 1.165) is 12.0 Å². The van der Waals surface area contributed by atoms with Crippen molar-refractivity contribution in [3.8, 4) is 0 Å². The van der Waals surface area contributed by atoms with Gasteiger partial charge >= 0.3 is 0 Å². The van der Waals surface area contributed by atoms with Crippen molar-refractivity contribution in [3.63, 3.8) is 0 Å². The molecule has 0 bridgehead atoms. The van der Waals surface area contributed by atoms with Gasteiger partial charge in [0.1, 0.15) is 0 Å². The standard InChI is InChI=1S/C19H30N2/c1-14(2)19-13-20-11-7-9-17(20)12-21(19)16(4)18-10-6-5-8-15(18)3/h5-6,8,10,14,16-17,19H,7,9,11-13H2,1-4H3. The van der Waals surface area contributed by atoms with Crippen LogP contribution in [0.3, 0.4) is 0 Å². The van der Waals surface area contributed by atoms with E-state index in [1.54, 1.807) is 0 Å². The molecule has 21 heavy (non-hydrogen) atoms. The van der Waals surface area contributed by atoms with E-state index in [2.05, 4.69) is 61.8 Å². The Morgan fingerprint density at radius 2 is 1.86 bits per heavy atom. The van der Waals surface area contributed by atoms with Crippen molar-refractivity contribution in [3.05, 3.63) is 35.4 Å². The summed E-state index contributed by atoms with van der Waals surface area (Å²) in [4.78, 5) is 5.53. The Labute approximate surface area is 130 Å². The molecule has 0 aliphatic carbocycles. The van der Waals surface area contributed by atoms with Gasteiger partial charge in [0.15, 0.2) is 0 Å². The Bertz CT molecular complexity index is 482. The molecule has 1 aromatic carbocycles. The Morgan fingerprint density at radius 3 is 2.57 bits per heavy atom. The van der Waals surface area contributed by atoms with Crippen molar-refractivity contribution < 1.29 is 0 Å². The second kappa shape index (κ2) is 6.10. The SMILES string of the molecule is Cc1ccccc1C(C)N1CC2CCCN2CC1C(C)C. The van der Waals surface area contributed by atoms with E-state index >= 15 is 0 Å². The lowest BCUT2D eigenvalue weighted by Gasteiger charge is -2.48.